The number of nitrogens with one attached hydrogen (secondary N) is 1. The molecule has 0 aliphatic carbocycles. The molecule has 2 rings (SSSR count). The quantitative estimate of drug-likeness (QED) is 0.840. The summed E-state index contributed by atoms with van der Waals surface area (Å²) in [6.07, 6.45) is 4.04. The number of rotatable bonds is 5. The molecule has 2 aromatic rings. The molecule has 0 aliphatic heterocycles. The van der Waals surface area contributed by atoms with Crippen LogP contribution < -0.4 is 11.1 Å². The van der Waals surface area contributed by atoms with Crippen molar-refractivity contribution in [3.05, 3.63) is 77.5 Å². The third kappa shape index (κ3) is 3.47. The maximum Gasteiger partial charge on any atom is 0.0398 e. The van der Waals surface area contributed by atoms with Crippen molar-refractivity contribution < 1.29 is 0 Å². The molecule has 0 fully saturated rings. The second-order valence-electron chi connectivity index (χ2n) is 4.10. The van der Waals surface area contributed by atoms with Crippen molar-refractivity contribution in [3.8, 4) is 0 Å². The molecule has 0 unspecified atom stereocenters. The molecular formula is C16H18N2. The van der Waals surface area contributed by atoms with Gasteiger partial charge in [-0.25, -0.2) is 0 Å². The Kier molecular flexibility index (Phi) is 4.56. The highest BCUT2D eigenvalue weighted by Crippen LogP contribution is 2.07. The van der Waals surface area contributed by atoms with Crippen molar-refractivity contribution in [2.24, 2.45) is 5.73 Å². The summed E-state index contributed by atoms with van der Waals surface area (Å²) < 4.78 is 0. The topological polar surface area (TPSA) is 38.0 Å². The Hall–Kier alpha value is -2.06. The van der Waals surface area contributed by atoms with Crippen LogP contribution in [-0.2, 0) is 13.1 Å². The zero-order valence-corrected chi connectivity index (χ0v) is 10.3. The second-order valence-corrected chi connectivity index (χ2v) is 4.10. The zero-order valence-electron chi connectivity index (χ0n) is 10.3. The van der Waals surface area contributed by atoms with Gasteiger partial charge in [-0.15, -0.1) is 0 Å². The van der Waals surface area contributed by atoms with E-state index in [-0.39, 0.29) is 0 Å². The van der Waals surface area contributed by atoms with E-state index in [0.717, 1.165) is 6.54 Å². The van der Waals surface area contributed by atoms with Crippen molar-refractivity contribution >= 4 is 6.08 Å². The SMILES string of the molecule is NCc1ccccc1CNC=Cc1ccccc1. The van der Waals surface area contributed by atoms with E-state index in [0.29, 0.717) is 6.54 Å². The standard InChI is InChI=1S/C16H18N2/c17-12-15-8-4-5-9-16(15)13-18-11-10-14-6-2-1-3-7-14/h1-11,18H,12-13,17H2. The van der Waals surface area contributed by atoms with Gasteiger partial charge in [0.2, 0.25) is 0 Å². The molecule has 0 amide bonds. The summed E-state index contributed by atoms with van der Waals surface area (Å²) in [4.78, 5) is 0. The van der Waals surface area contributed by atoms with E-state index in [1.54, 1.807) is 0 Å². The average molecular weight is 238 g/mol. The third-order valence-corrected chi connectivity index (χ3v) is 2.82. The van der Waals surface area contributed by atoms with Crippen LogP contribution >= 0.6 is 0 Å². The van der Waals surface area contributed by atoms with Crippen molar-refractivity contribution in [1.29, 1.82) is 0 Å². The van der Waals surface area contributed by atoms with Gasteiger partial charge in [0.05, 0.1) is 0 Å². The van der Waals surface area contributed by atoms with Crippen LogP contribution in [0.4, 0.5) is 0 Å². The first-order valence-electron chi connectivity index (χ1n) is 6.12. The van der Waals surface area contributed by atoms with E-state index in [9.17, 15) is 0 Å². The predicted molar refractivity (Wildman–Crippen MR) is 76.6 cm³/mol. The average Bonchev–Trinajstić information content (AvgIpc) is 2.45. The van der Waals surface area contributed by atoms with E-state index in [4.69, 9.17) is 5.73 Å². The van der Waals surface area contributed by atoms with Crippen LogP contribution in [0.1, 0.15) is 16.7 Å². The molecule has 0 heterocycles. The Morgan fingerprint density at radius 3 is 2.28 bits per heavy atom. The molecule has 0 radical (unpaired) electrons. The summed E-state index contributed by atoms with van der Waals surface area (Å²) in [7, 11) is 0. The lowest BCUT2D eigenvalue weighted by atomic mass is 10.1. The first-order valence-corrected chi connectivity index (χ1v) is 6.12. The molecule has 0 atom stereocenters. The Bertz CT molecular complexity index is 504. The van der Waals surface area contributed by atoms with Crippen molar-refractivity contribution in [2.45, 2.75) is 13.1 Å². The van der Waals surface area contributed by atoms with Gasteiger partial charge >= 0.3 is 0 Å². The van der Waals surface area contributed by atoms with Gasteiger partial charge in [-0.3, -0.25) is 0 Å². The molecule has 18 heavy (non-hydrogen) atoms. The van der Waals surface area contributed by atoms with Crippen LogP contribution in [-0.4, -0.2) is 0 Å². The summed E-state index contributed by atoms with van der Waals surface area (Å²) in [5, 5.41) is 3.29. The van der Waals surface area contributed by atoms with Crippen LogP contribution in [0, 0.1) is 0 Å². The summed E-state index contributed by atoms with van der Waals surface area (Å²) >= 11 is 0. The maximum absolute atomic E-state index is 5.70. The summed E-state index contributed by atoms with van der Waals surface area (Å²) in [6.45, 7) is 1.39. The van der Waals surface area contributed by atoms with E-state index in [1.165, 1.54) is 16.7 Å². The second kappa shape index (κ2) is 6.62. The van der Waals surface area contributed by atoms with Gasteiger partial charge in [-0.1, -0.05) is 54.6 Å². The Balaban J connectivity index is 1.91. The van der Waals surface area contributed by atoms with Crippen molar-refractivity contribution in [2.75, 3.05) is 0 Å². The molecule has 2 heteroatoms. The number of hydrogen-bond acceptors (Lipinski definition) is 2. The first kappa shape index (κ1) is 12.4. The Morgan fingerprint density at radius 1 is 0.889 bits per heavy atom. The number of nitrogens with two attached hydrogens (primary N) is 1. The summed E-state index contributed by atoms with van der Waals surface area (Å²) in [5.74, 6) is 0. The molecule has 2 nitrogen and oxygen atoms in total. The molecule has 0 saturated carbocycles. The van der Waals surface area contributed by atoms with Gasteiger partial charge in [0.15, 0.2) is 0 Å². The van der Waals surface area contributed by atoms with E-state index in [1.807, 2.05) is 36.5 Å². The minimum absolute atomic E-state index is 0.584. The fourth-order valence-corrected chi connectivity index (χ4v) is 1.82. The van der Waals surface area contributed by atoms with Crippen molar-refractivity contribution in [3.63, 3.8) is 0 Å². The molecule has 0 saturated heterocycles. The molecule has 0 aliphatic rings. The lowest BCUT2D eigenvalue weighted by Crippen LogP contribution is -2.09. The molecule has 2 aromatic carbocycles. The summed E-state index contributed by atoms with van der Waals surface area (Å²) in [5.41, 5.74) is 9.33. The fourth-order valence-electron chi connectivity index (χ4n) is 1.82. The normalized spacial score (nSPS) is 10.7. The molecule has 92 valence electrons. The smallest absolute Gasteiger partial charge is 0.0398 e. The highest BCUT2D eigenvalue weighted by molar-refractivity contribution is 5.48. The molecule has 3 N–H and O–H groups in total. The van der Waals surface area contributed by atoms with Crippen LogP contribution in [0.5, 0.6) is 0 Å². The fraction of sp³-hybridized carbons (Fsp3) is 0.125. The van der Waals surface area contributed by atoms with Crippen LogP contribution in [0.15, 0.2) is 60.8 Å². The van der Waals surface area contributed by atoms with E-state index >= 15 is 0 Å². The highest BCUT2D eigenvalue weighted by atomic mass is 14.8. The third-order valence-electron chi connectivity index (χ3n) is 2.82. The summed E-state index contributed by atoms with van der Waals surface area (Å²) in [6, 6.07) is 18.5. The van der Waals surface area contributed by atoms with Crippen LogP contribution in [0.2, 0.25) is 0 Å². The lowest BCUT2D eigenvalue weighted by molar-refractivity contribution is 0.852. The van der Waals surface area contributed by atoms with Gasteiger partial charge in [0.1, 0.15) is 0 Å². The molecule has 0 aromatic heterocycles. The van der Waals surface area contributed by atoms with Gasteiger partial charge in [0.25, 0.3) is 0 Å². The first-order chi connectivity index (χ1) is 8.90. The molecule has 0 spiro atoms. The van der Waals surface area contributed by atoms with E-state index in [2.05, 4.69) is 35.7 Å². The van der Waals surface area contributed by atoms with Gasteiger partial charge in [0, 0.05) is 13.1 Å². The monoisotopic (exact) mass is 238 g/mol. The van der Waals surface area contributed by atoms with Crippen LogP contribution in [0.25, 0.3) is 6.08 Å². The highest BCUT2D eigenvalue weighted by Gasteiger charge is 1.97. The Morgan fingerprint density at radius 2 is 1.56 bits per heavy atom. The predicted octanol–water partition coefficient (Wildman–Crippen LogP) is 2.91. The van der Waals surface area contributed by atoms with Crippen LogP contribution in [0.3, 0.4) is 0 Å². The van der Waals surface area contributed by atoms with Gasteiger partial charge in [-0.2, -0.15) is 0 Å². The maximum atomic E-state index is 5.70. The molecule has 0 bridgehead atoms. The van der Waals surface area contributed by atoms with Crippen molar-refractivity contribution in [1.82, 2.24) is 5.32 Å². The van der Waals surface area contributed by atoms with Gasteiger partial charge in [-0.05, 0) is 29.0 Å². The lowest BCUT2D eigenvalue weighted by Gasteiger charge is -2.07. The minimum Gasteiger partial charge on any atom is -0.387 e. The number of benzene rings is 2. The van der Waals surface area contributed by atoms with Gasteiger partial charge < -0.3 is 11.1 Å². The minimum atomic E-state index is 0.584. The largest absolute Gasteiger partial charge is 0.387 e. The Labute approximate surface area is 108 Å². The van der Waals surface area contributed by atoms with E-state index < -0.39 is 0 Å². The zero-order chi connectivity index (χ0) is 12.6. The number of hydrogen-bond donors (Lipinski definition) is 2. The molecular weight excluding hydrogens is 220 g/mol.